The normalized spacial score (nSPS) is 17.8. The highest BCUT2D eigenvalue weighted by Gasteiger charge is 2.28. The smallest absolute Gasteiger partial charge is 0.255 e. The van der Waals surface area contributed by atoms with Crippen LogP contribution in [-0.2, 0) is 0 Å². The third-order valence-corrected chi connectivity index (χ3v) is 6.22. The lowest BCUT2D eigenvalue weighted by Gasteiger charge is -2.39. The molecule has 5 heteroatoms. The minimum Gasteiger partial charge on any atom is -0.397 e. The zero-order chi connectivity index (χ0) is 20.2. The SMILES string of the molecule is CCN(c1ccc(C(=O)Nc2ccccc2N)cc1)C1CCN(CC2CC2)CC1. The van der Waals surface area contributed by atoms with E-state index in [-0.39, 0.29) is 5.91 Å². The molecule has 2 fully saturated rings. The van der Waals surface area contributed by atoms with Crippen LogP contribution in [0.2, 0.25) is 0 Å². The molecule has 1 saturated heterocycles. The number of nitrogens with one attached hydrogen (secondary N) is 1. The molecule has 1 aliphatic heterocycles. The van der Waals surface area contributed by atoms with E-state index in [2.05, 4.69) is 34.2 Å². The molecule has 0 spiro atoms. The number of carbonyl (C=O) groups excluding carboxylic acids is 1. The molecule has 154 valence electrons. The number of carbonyl (C=O) groups is 1. The fraction of sp³-hybridized carbons (Fsp3) is 0.458. The van der Waals surface area contributed by atoms with Crippen molar-refractivity contribution in [3.8, 4) is 0 Å². The molecule has 1 saturated carbocycles. The molecule has 29 heavy (non-hydrogen) atoms. The molecule has 0 bridgehead atoms. The van der Waals surface area contributed by atoms with Crippen LogP contribution in [0.4, 0.5) is 17.1 Å². The van der Waals surface area contributed by atoms with Gasteiger partial charge in [0.15, 0.2) is 0 Å². The Kier molecular flexibility index (Phi) is 6.05. The molecule has 1 amide bonds. The van der Waals surface area contributed by atoms with Gasteiger partial charge in [-0.05, 0) is 74.9 Å². The number of hydrogen-bond acceptors (Lipinski definition) is 4. The maximum Gasteiger partial charge on any atom is 0.255 e. The van der Waals surface area contributed by atoms with Gasteiger partial charge < -0.3 is 20.9 Å². The summed E-state index contributed by atoms with van der Waals surface area (Å²) in [6, 6.07) is 15.9. The number of hydrogen-bond donors (Lipinski definition) is 2. The van der Waals surface area contributed by atoms with Gasteiger partial charge in [0.25, 0.3) is 5.91 Å². The monoisotopic (exact) mass is 392 g/mol. The van der Waals surface area contributed by atoms with Gasteiger partial charge >= 0.3 is 0 Å². The number of nitrogens with two attached hydrogens (primary N) is 1. The van der Waals surface area contributed by atoms with Crippen LogP contribution in [0, 0.1) is 5.92 Å². The first-order valence-electron chi connectivity index (χ1n) is 10.9. The Morgan fingerprint density at radius 2 is 1.76 bits per heavy atom. The predicted molar refractivity (Wildman–Crippen MR) is 120 cm³/mol. The number of para-hydroxylation sites is 2. The zero-order valence-electron chi connectivity index (χ0n) is 17.3. The molecule has 5 nitrogen and oxygen atoms in total. The fourth-order valence-corrected chi connectivity index (χ4v) is 4.34. The zero-order valence-corrected chi connectivity index (χ0v) is 17.3. The summed E-state index contributed by atoms with van der Waals surface area (Å²) < 4.78 is 0. The van der Waals surface area contributed by atoms with Gasteiger partial charge in [-0.25, -0.2) is 0 Å². The van der Waals surface area contributed by atoms with Crippen molar-refractivity contribution in [1.82, 2.24) is 4.90 Å². The number of benzene rings is 2. The van der Waals surface area contributed by atoms with Crippen LogP contribution in [0.5, 0.6) is 0 Å². The second-order valence-corrected chi connectivity index (χ2v) is 8.35. The summed E-state index contributed by atoms with van der Waals surface area (Å²) >= 11 is 0. The lowest BCUT2D eigenvalue weighted by molar-refractivity contribution is 0.102. The van der Waals surface area contributed by atoms with E-state index in [1.165, 1.54) is 51.0 Å². The van der Waals surface area contributed by atoms with E-state index in [0.29, 0.717) is 23.0 Å². The number of anilines is 3. The molecule has 1 aliphatic carbocycles. The molecule has 4 rings (SSSR count). The van der Waals surface area contributed by atoms with E-state index in [1.54, 1.807) is 6.07 Å². The van der Waals surface area contributed by atoms with Crippen molar-refractivity contribution in [2.24, 2.45) is 5.92 Å². The van der Waals surface area contributed by atoms with Gasteiger partial charge in [0.2, 0.25) is 0 Å². The van der Waals surface area contributed by atoms with E-state index in [0.717, 1.165) is 12.5 Å². The molecule has 0 atom stereocenters. The molecule has 1 heterocycles. The number of nitrogen functional groups attached to an aromatic ring is 1. The van der Waals surface area contributed by atoms with Crippen LogP contribution in [0.15, 0.2) is 48.5 Å². The molecule has 2 aliphatic rings. The van der Waals surface area contributed by atoms with Gasteiger partial charge in [0, 0.05) is 43.5 Å². The lowest BCUT2D eigenvalue weighted by atomic mass is 10.0. The third kappa shape index (κ3) is 4.91. The van der Waals surface area contributed by atoms with Crippen LogP contribution < -0.4 is 16.0 Å². The van der Waals surface area contributed by atoms with Crippen molar-refractivity contribution >= 4 is 23.0 Å². The van der Waals surface area contributed by atoms with Crippen LogP contribution in [0.25, 0.3) is 0 Å². The molecule has 3 N–H and O–H groups in total. The Bertz CT molecular complexity index is 823. The number of likely N-dealkylation sites (tertiary alicyclic amines) is 1. The van der Waals surface area contributed by atoms with Crippen molar-refractivity contribution in [3.05, 3.63) is 54.1 Å². The van der Waals surface area contributed by atoms with Crippen LogP contribution in [0.3, 0.4) is 0 Å². The van der Waals surface area contributed by atoms with Crippen molar-refractivity contribution in [2.75, 3.05) is 42.1 Å². The highest BCUT2D eigenvalue weighted by atomic mass is 16.1. The summed E-state index contributed by atoms with van der Waals surface area (Å²) in [7, 11) is 0. The maximum atomic E-state index is 12.6. The van der Waals surface area contributed by atoms with Gasteiger partial charge in [-0.15, -0.1) is 0 Å². The van der Waals surface area contributed by atoms with Crippen molar-refractivity contribution in [3.63, 3.8) is 0 Å². The first kappa shape index (κ1) is 19.8. The van der Waals surface area contributed by atoms with Crippen LogP contribution >= 0.6 is 0 Å². The first-order valence-corrected chi connectivity index (χ1v) is 10.9. The number of piperidine rings is 1. The molecule has 0 radical (unpaired) electrons. The quantitative estimate of drug-likeness (QED) is 0.693. The van der Waals surface area contributed by atoms with E-state index in [4.69, 9.17) is 5.73 Å². The van der Waals surface area contributed by atoms with E-state index in [1.807, 2.05) is 30.3 Å². The number of rotatable bonds is 7. The molecular weight excluding hydrogens is 360 g/mol. The minimum atomic E-state index is -0.133. The van der Waals surface area contributed by atoms with Gasteiger partial charge in [-0.3, -0.25) is 4.79 Å². The summed E-state index contributed by atoms with van der Waals surface area (Å²) in [4.78, 5) is 17.7. The summed E-state index contributed by atoms with van der Waals surface area (Å²) in [5.74, 6) is 0.838. The Labute approximate surface area is 173 Å². The van der Waals surface area contributed by atoms with Gasteiger partial charge in [-0.1, -0.05) is 12.1 Å². The van der Waals surface area contributed by atoms with E-state index < -0.39 is 0 Å². The highest BCUT2D eigenvalue weighted by Crippen LogP contribution is 2.31. The Morgan fingerprint density at radius 3 is 2.38 bits per heavy atom. The van der Waals surface area contributed by atoms with Gasteiger partial charge in [-0.2, -0.15) is 0 Å². The first-order chi connectivity index (χ1) is 14.1. The minimum absolute atomic E-state index is 0.133. The summed E-state index contributed by atoms with van der Waals surface area (Å²) in [5.41, 5.74) is 8.99. The Morgan fingerprint density at radius 1 is 1.07 bits per heavy atom. The summed E-state index contributed by atoms with van der Waals surface area (Å²) in [6.07, 6.45) is 5.29. The Hall–Kier alpha value is -2.53. The average molecular weight is 393 g/mol. The highest BCUT2D eigenvalue weighted by molar-refractivity contribution is 6.05. The maximum absolute atomic E-state index is 12.6. The second kappa shape index (κ2) is 8.87. The number of amides is 1. The van der Waals surface area contributed by atoms with E-state index in [9.17, 15) is 4.79 Å². The van der Waals surface area contributed by atoms with Gasteiger partial charge in [0.1, 0.15) is 0 Å². The topological polar surface area (TPSA) is 61.6 Å². The molecule has 0 aromatic heterocycles. The third-order valence-electron chi connectivity index (χ3n) is 6.22. The molecule has 2 aromatic carbocycles. The predicted octanol–water partition coefficient (Wildman–Crippen LogP) is 4.22. The lowest BCUT2D eigenvalue weighted by Crippen LogP contribution is -2.45. The molecular formula is C24H32N4O. The largest absolute Gasteiger partial charge is 0.397 e. The summed E-state index contributed by atoms with van der Waals surface area (Å²) in [6.45, 7) is 6.91. The van der Waals surface area contributed by atoms with Gasteiger partial charge in [0.05, 0.1) is 11.4 Å². The van der Waals surface area contributed by atoms with Crippen molar-refractivity contribution in [2.45, 2.75) is 38.6 Å². The summed E-state index contributed by atoms with van der Waals surface area (Å²) in [5, 5.41) is 2.89. The Balaban J connectivity index is 1.37. The van der Waals surface area contributed by atoms with Crippen LogP contribution in [-0.4, -0.2) is 43.0 Å². The van der Waals surface area contributed by atoms with Crippen molar-refractivity contribution < 1.29 is 4.79 Å². The van der Waals surface area contributed by atoms with Crippen LogP contribution in [0.1, 0.15) is 43.0 Å². The second-order valence-electron chi connectivity index (χ2n) is 8.35. The molecule has 0 unspecified atom stereocenters. The number of nitrogens with zero attached hydrogens (tertiary/aromatic N) is 2. The average Bonchev–Trinajstić information content (AvgIpc) is 3.56. The van der Waals surface area contributed by atoms with Crippen molar-refractivity contribution in [1.29, 1.82) is 0 Å². The fourth-order valence-electron chi connectivity index (χ4n) is 4.34. The standard InChI is InChI=1S/C24H32N4O/c1-2-28(21-13-15-27(16-14-21)17-18-7-8-18)20-11-9-19(10-12-20)24(29)26-23-6-4-3-5-22(23)25/h3-6,9-12,18,21H,2,7-8,13-17,25H2,1H3,(H,26,29). The van der Waals surface area contributed by atoms with E-state index >= 15 is 0 Å². The molecule has 2 aromatic rings.